The fourth-order valence-corrected chi connectivity index (χ4v) is 1.62. The molecule has 0 saturated heterocycles. The maximum atomic E-state index is 13.0. The van der Waals surface area contributed by atoms with Crippen LogP contribution in [0.4, 0.5) is 14.5 Å². The molecule has 0 saturated carbocycles. The van der Waals surface area contributed by atoms with Crippen LogP contribution in [0.2, 0.25) is 0 Å². The summed E-state index contributed by atoms with van der Waals surface area (Å²) in [5, 5.41) is 0. The third-order valence-electron chi connectivity index (χ3n) is 2.52. The summed E-state index contributed by atoms with van der Waals surface area (Å²) < 4.78 is 36.2. The molecule has 2 N–H and O–H groups in total. The van der Waals surface area contributed by atoms with Gasteiger partial charge in [-0.15, -0.1) is 0 Å². The molecule has 0 atom stereocenters. The summed E-state index contributed by atoms with van der Waals surface area (Å²) >= 11 is 0. The first-order valence-electron chi connectivity index (χ1n) is 5.60. The van der Waals surface area contributed by atoms with Crippen LogP contribution in [0, 0.1) is 11.6 Å². The Morgan fingerprint density at radius 1 is 1.00 bits per heavy atom. The lowest BCUT2D eigenvalue weighted by atomic mass is 10.2. The fourth-order valence-electron chi connectivity index (χ4n) is 1.62. The van der Waals surface area contributed by atoms with Crippen LogP contribution in [-0.4, -0.2) is 7.11 Å². The Balaban J connectivity index is 2.09. The molecule has 3 nitrogen and oxygen atoms in total. The standard InChI is InChI=1S/C14H13F2NO2/c1-18-12-5-9(4-10(17)6-12)8-19-11-2-3-13(15)14(16)7-11/h2-7H,8,17H2,1H3. The van der Waals surface area contributed by atoms with Crippen LogP contribution >= 0.6 is 0 Å². The minimum atomic E-state index is -0.942. The van der Waals surface area contributed by atoms with Crippen molar-refractivity contribution in [3.05, 3.63) is 53.6 Å². The number of halogens is 2. The Hall–Kier alpha value is -2.30. The molecule has 0 fully saturated rings. The van der Waals surface area contributed by atoms with Gasteiger partial charge in [0.25, 0.3) is 0 Å². The second kappa shape index (κ2) is 5.56. The van der Waals surface area contributed by atoms with Gasteiger partial charge in [-0.3, -0.25) is 0 Å². The van der Waals surface area contributed by atoms with Gasteiger partial charge in [-0.05, 0) is 29.8 Å². The van der Waals surface area contributed by atoms with E-state index in [4.69, 9.17) is 15.2 Å². The number of nitrogens with two attached hydrogens (primary N) is 1. The summed E-state index contributed by atoms with van der Waals surface area (Å²) in [6.07, 6.45) is 0. The van der Waals surface area contributed by atoms with Crippen molar-refractivity contribution >= 4 is 5.69 Å². The number of methoxy groups -OCH3 is 1. The Bertz CT molecular complexity index is 588. The van der Waals surface area contributed by atoms with Gasteiger partial charge in [0, 0.05) is 17.8 Å². The van der Waals surface area contributed by atoms with E-state index in [0.29, 0.717) is 11.4 Å². The summed E-state index contributed by atoms with van der Waals surface area (Å²) in [6.45, 7) is 0.187. The molecule has 0 bridgehead atoms. The Morgan fingerprint density at radius 2 is 1.79 bits per heavy atom. The summed E-state index contributed by atoms with van der Waals surface area (Å²) in [7, 11) is 1.54. The number of anilines is 1. The first-order chi connectivity index (χ1) is 9.08. The van der Waals surface area contributed by atoms with Gasteiger partial charge in [0.05, 0.1) is 7.11 Å². The zero-order valence-electron chi connectivity index (χ0n) is 10.3. The van der Waals surface area contributed by atoms with E-state index in [1.165, 1.54) is 13.2 Å². The molecule has 0 aliphatic rings. The second-order valence-electron chi connectivity index (χ2n) is 3.98. The maximum Gasteiger partial charge on any atom is 0.162 e. The summed E-state index contributed by atoms with van der Waals surface area (Å²) in [5.41, 5.74) is 7.03. The minimum Gasteiger partial charge on any atom is -0.497 e. The highest BCUT2D eigenvalue weighted by Gasteiger charge is 2.04. The number of rotatable bonds is 4. The number of nitrogen functional groups attached to an aromatic ring is 1. The third kappa shape index (κ3) is 3.34. The summed E-state index contributed by atoms with van der Waals surface area (Å²) in [6, 6.07) is 8.55. The van der Waals surface area contributed by atoms with Crippen molar-refractivity contribution in [1.82, 2.24) is 0 Å². The Morgan fingerprint density at radius 3 is 2.47 bits per heavy atom. The van der Waals surface area contributed by atoms with Gasteiger partial charge in [0.1, 0.15) is 18.1 Å². The van der Waals surface area contributed by atoms with Crippen molar-refractivity contribution < 1.29 is 18.3 Å². The maximum absolute atomic E-state index is 13.0. The van der Waals surface area contributed by atoms with Crippen LogP contribution in [0.25, 0.3) is 0 Å². The molecule has 0 aliphatic carbocycles. The lowest BCUT2D eigenvalue weighted by Crippen LogP contribution is -1.99. The van der Waals surface area contributed by atoms with Gasteiger partial charge in [-0.1, -0.05) is 0 Å². The first kappa shape index (κ1) is 13.1. The van der Waals surface area contributed by atoms with E-state index in [9.17, 15) is 8.78 Å². The molecule has 0 radical (unpaired) electrons. The van der Waals surface area contributed by atoms with Gasteiger partial charge in [0.15, 0.2) is 11.6 Å². The lowest BCUT2D eigenvalue weighted by Gasteiger charge is -2.09. The smallest absolute Gasteiger partial charge is 0.162 e. The van der Waals surface area contributed by atoms with E-state index < -0.39 is 11.6 Å². The van der Waals surface area contributed by atoms with Crippen LogP contribution in [0.3, 0.4) is 0 Å². The molecule has 2 aromatic carbocycles. The number of hydrogen-bond acceptors (Lipinski definition) is 3. The molecule has 0 amide bonds. The van der Waals surface area contributed by atoms with Crippen LogP contribution in [0.15, 0.2) is 36.4 Å². The molecule has 0 spiro atoms. The zero-order chi connectivity index (χ0) is 13.8. The van der Waals surface area contributed by atoms with Crippen LogP contribution in [0.5, 0.6) is 11.5 Å². The van der Waals surface area contributed by atoms with E-state index >= 15 is 0 Å². The topological polar surface area (TPSA) is 44.5 Å². The minimum absolute atomic E-state index is 0.187. The first-order valence-corrected chi connectivity index (χ1v) is 5.60. The van der Waals surface area contributed by atoms with Gasteiger partial charge >= 0.3 is 0 Å². The summed E-state index contributed by atoms with van der Waals surface area (Å²) in [5.74, 6) is -0.982. The largest absolute Gasteiger partial charge is 0.497 e. The Kier molecular flexibility index (Phi) is 3.85. The molecular weight excluding hydrogens is 252 g/mol. The molecular formula is C14H13F2NO2. The van der Waals surface area contributed by atoms with Gasteiger partial charge in [-0.25, -0.2) is 8.78 Å². The molecule has 19 heavy (non-hydrogen) atoms. The average Bonchev–Trinajstić information content (AvgIpc) is 2.39. The van der Waals surface area contributed by atoms with Gasteiger partial charge in [0.2, 0.25) is 0 Å². The van der Waals surface area contributed by atoms with Crippen LogP contribution < -0.4 is 15.2 Å². The number of benzene rings is 2. The molecule has 2 aromatic rings. The third-order valence-corrected chi connectivity index (χ3v) is 2.52. The highest BCUT2D eigenvalue weighted by molar-refractivity contribution is 5.47. The number of ether oxygens (including phenoxy) is 2. The molecule has 100 valence electrons. The van der Waals surface area contributed by atoms with E-state index in [0.717, 1.165) is 17.7 Å². The van der Waals surface area contributed by atoms with E-state index in [-0.39, 0.29) is 12.4 Å². The van der Waals surface area contributed by atoms with Crippen molar-refractivity contribution in [3.63, 3.8) is 0 Å². The molecule has 5 heteroatoms. The van der Waals surface area contributed by atoms with Crippen molar-refractivity contribution in [2.75, 3.05) is 12.8 Å². The highest BCUT2D eigenvalue weighted by Crippen LogP contribution is 2.21. The van der Waals surface area contributed by atoms with Gasteiger partial charge in [-0.2, -0.15) is 0 Å². The zero-order valence-corrected chi connectivity index (χ0v) is 10.3. The molecule has 0 aromatic heterocycles. The van der Waals surface area contributed by atoms with E-state index in [2.05, 4.69) is 0 Å². The SMILES string of the molecule is COc1cc(N)cc(COc2ccc(F)c(F)c2)c1. The lowest BCUT2D eigenvalue weighted by molar-refractivity contribution is 0.302. The van der Waals surface area contributed by atoms with Crippen LogP contribution in [-0.2, 0) is 6.61 Å². The predicted octanol–water partition coefficient (Wildman–Crippen LogP) is 3.13. The number of hydrogen-bond donors (Lipinski definition) is 1. The molecule has 0 unspecified atom stereocenters. The monoisotopic (exact) mass is 265 g/mol. The van der Waals surface area contributed by atoms with Crippen molar-refractivity contribution in [2.45, 2.75) is 6.61 Å². The van der Waals surface area contributed by atoms with E-state index in [1.54, 1.807) is 18.2 Å². The molecule has 0 heterocycles. The van der Waals surface area contributed by atoms with E-state index in [1.807, 2.05) is 0 Å². The van der Waals surface area contributed by atoms with Gasteiger partial charge < -0.3 is 15.2 Å². The Labute approximate surface area is 109 Å². The molecule has 2 rings (SSSR count). The normalized spacial score (nSPS) is 10.3. The van der Waals surface area contributed by atoms with Crippen molar-refractivity contribution in [2.24, 2.45) is 0 Å². The summed E-state index contributed by atoms with van der Waals surface area (Å²) in [4.78, 5) is 0. The molecule has 0 aliphatic heterocycles. The average molecular weight is 265 g/mol. The quantitative estimate of drug-likeness (QED) is 0.864. The van der Waals surface area contributed by atoms with Crippen LogP contribution in [0.1, 0.15) is 5.56 Å². The second-order valence-corrected chi connectivity index (χ2v) is 3.98. The highest BCUT2D eigenvalue weighted by atomic mass is 19.2. The van der Waals surface area contributed by atoms with Crippen molar-refractivity contribution in [1.29, 1.82) is 0 Å². The predicted molar refractivity (Wildman–Crippen MR) is 68.1 cm³/mol. The fraction of sp³-hybridized carbons (Fsp3) is 0.143. The van der Waals surface area contributed by atoms with Crippen molar-refractivity contribution in [3.8, 4) is 11.5 Å².